The lowest BCUT2D eigenvalue weighted by Crippen LogP contribution is -2.14. The van der Waals surface area contributed by atoms with Crippen molar-refractivity contribution in [2.24, 2.45) is 0 Å². The Morgan fingerprint density at radius 2 is 1.42 bits per heavy atom. The van der Waals surface area contributed by atoms with Crippen molar-refractivity contribution in [2.75, 3.05) is 6.61 Å². The molecule has 4 nitrogen and oxygen atoms in total. The summed E-state index contributed by atoms with van der Waals surface area (Å²) in [6, 6.07) is 20.1. The Bertz CT molecular complexity index is 1010. The van der Waals surface area contributed by atoms with Gasteiger partial charge in [0.05, 0.1) is 12.2 Å². The first-order valence-corrected chi connectivity index (χ1v) is 10.8. The van der Waals surface area contributed by atoms with E-state index in [0.29, 0.717) is 22.9 Å². The number of hydrogen-bond acceptors (Lipinski definition) is 4. The van der Waals surface area contributed by atoms with Crippen LogP contribution in [0.3, 0.4) is 0 Å². The third kappa shape index (κ3) is 6.43. The topological polar surface area (TPSA) is 52.6 Å². The van der Waals surface area contributed by atoms with Gasteiger partial charge in [0.2, 0.25) is 0 Å². The van der Waals surface area contributed by atoms with Gasteiger partial charge in [-0.05, 0) is 61.0 Å². The molecule has 3 rings (SSSR count). The molecule has 0 radical (unpaired) electrons. The molecule has 0 amide bonds. The zero-order chi connectivity index (χ0) is 22.1. The lowest BCUT2D eigenvalue weighted by atomic mass is 9.98. The van der Waals surface area contributed by atoms with Crippen LogP contribution < -0.4 is 9.47 Å². The largest absolute Gasteiger partial charge is 0.494 e. The molecule has 0 saturated carbocycles. The predicted octanol–water partition coefficient (Wildman–Crippen LogP) is 6.75. The number of ketones is 1. The number of halogens is 1. The van der Waals surface area contributed by atoms with Crippen LogP contribution in [0.25, 0.3) is 0 Å². The van der Waals surface area contributed by atoms with Gasteiger partial charge in [-0.15, -0.1) is 0 Å². The van der Waals surface area contributed by atoms with Crippen LogP contribution >= 0.6 is 11.6 Å². The summed E-state index contributed by atoms with van der Waals surface area (Å²) in [5.74, 6) is 0.258. The third-order valence-corrected chi connectivity index (χ3v) is 5.05. The molecule has 0 unspecified atom stereocenters. The van der Waals surface area contributed by atoms with Crippen LogP contribution in [0.15, 0.2) is 72.8 Å². The second-order valence-corrected chi connectivity index (χ2v) is 7.59. The van der Waals surface area contributed by atoms with Crippen LogP contribution in [0, 0.1) is 0 Å². The molecule has 0 spiro atoms. The molecule has 3 aromatic rings. The molecule has 160 valence electrons. The summed E-state index contributed by atoms with van der Waals surface area (Å²) >= 11 is 5.90. The summed E-state index contributed by atoms with van der Waals surface area (Å²) in [6.45, 7) is 2.84. The van der Waals surface area contributed by atoms with E-state index < -0.39 is 5.97 Å². The smallest absolute Gasteiger partial charge is 0.344 e. The highest BCUT2D eigenvalue weighted by molar-refractivity contribution is 6.30. The summed E-state index contributed by atoms with van der Waals surface area (Å²) in [6.07, 6.45) is 4.57. The van der Waals surface area contributed by atoms with Gasteiger partial charge in [0.1, 0.15) is 11.5 Å². The van der Waals surface area contributed by atoms with Gasteiger partial charge in [0, 0.05) is 16.1 Å². The van der Waals surface area contributed by atoms with Gasteiger partial charge in [-0.2, -0.15) is 0 Å². The van der Waals surface area contributed by atoms with Crippen LogP contribution in [0.1, 0.15) is 58.9 Å². The Morgan fingerprint density at radius 3 is 2.10 bits per heavy atom. The van der Waals surface area contributed by atoms with E-state index in [0.717, 1.165) is 18.6 Å². The van der Waals surface area contributed by atoms with E-state index in [1.54, 1.807) is 72.8 Å². The Morgan fingerprint density at radius 1 is 0.774 bits per heavy atom. The molecule has 5 heteroatoms. The fourth-order valence-corrected chi connectivity index (χ4v) is 3.23. The number of hydrogen-bond donors (Lipinski definition) is 0. The van der Waals surface area contributed by atoms with Crippen molar-refractivity contribution in [2.45, 2.75) is 32.6 Å². The highest BCUT2D eigenvalue weighted by Crippen LogP contribution is 2.22. The summed E-state index contributed by atoms with van der Waals surface area (Å²) in [4.78, 5) is 25.6. The van der Waals surface area contributed by atoms with Gasteiger partial charge in [-0.25, -0.2) is 4.79 Å². The first-order valence-electron chi connectivity index (χ1n) is 10.4. The summed E-state index contributed by atoms with van der Waals surface area (Å²) in [7, 11) is 0. The number of ether oxygens (including phenoxy) is 2. The van der Waals surface area contributed by atoms with E-state index >= 15 is 0 Å². The second-order valence-electron chi connectivity index (χ2n) is 7.15. The van der Waals surface area contributed by atoms with Crippen LogP contribution in [0.2, 0.25) is 5.02 Å². The van der Waals surface area contributed by atoms with Gasteiger partial charge < -0.3 is 9.47 Å². The van der Waals surface area contributed by atoms with Gasteiger partial charge in [-0.3, -0.25) is 4.79 Å². The van der Waals surface area contributed by atoms with Crippen molar-refractivity contribution in [3.63, 3.8) is 0 Å². The highest BCUT2D eigenvalue weighted by Gasteiger charge is 2.19. The number of carbonyl (C=O) groups is 2. The lowest BCUT2D eigenvalue weighted by molar-refractivity contribution is 0.0730. The molecule has 0 heterocycles. The molecule has 0 fully saturated rings. The predicted molar refractivity (Wildman–Crippen MR) is 122 cm³/mol. The van der Waals surface area contributed by atoms with Crippen molar-refractivity contribution in [3.05, 3.63) is 94.5 Å². The van der Waals surface area contributed by atoms with Crippen LogP contribution in [-0.4, -0.2) is 18.4 Å². The van der Waals surface area contributed by atoms with Gasteiger partial charge in [0.25, 0.3) is 0 Å². The quantitative estimate of drug-likeness (QED) is 0.153. The Balaban J connectivity index is 1.66. The van der Waals surface area contributed by atoms with E-state index in [2.05, 4.69) is 6.92 Å². The molecule has 0 aliphatic rings. The molecule has 31 heavy (non-hydrogen) atoms. The average molecular weight is 437 g/mol. The molecular weight excluding hydrogens is 412 g/mol. The highest BCUT2D eigenvalue weighted by atomic mass is 35.5. The second kappa shape index (κ2) is 11.3. The minimum atomic E-state index is -0.592. The summed E-state index contributed by atoms with van der Waals surface area (Å²) in [5, 5.41) is 0.539. The molecule has 0 atom stereocenters. The molecule has 0 N–H and O–H groups in total. The molecule has 3 aromatic carbocycles. The molecule has 0 aliphatic carbocycles. The maximum Gasteiger partial charge on any atom is 0.344 e. The molecule has 0 aliphatic heterocycles. The summed E-state index contributed by atoms with van der Waals surface area (Å²) in [5.41, 5.74) is 0.936. The number of unbranched alkanes of at least 4 members (excludes halogenated alkanes) is 3. The number of esters is 1. The van der Waals surface area contributed by atoms with Gasteiger partial charge >= 0.3 is 5.97 Å². The van der Waals surface area contributed by atoms with Crippen LogP contribution in [0.5, 0.6) is 11.5 Å². The average Bonchev–Trinajstić information content (AvgIpc) is 2.80. The zero-order valence-corrected chi connectivity index (χ0v) is 18.2. The lowest BCUT2D eigenvalue weighted by Gasteiger charge is -2.10. The monoisotopic (exact) mass is 436 g/mol. The standard InChI is InChI=1S/C26H25ClO4/c1-2-3-4-7-18-30-21-14-16-22(17-15-21)31-26(29)24-9-6-5-8-23(24)25(28)19-10-12-20(27)13-11-19/h5-6,8-17H,2-4,7,18H2,1H3. The van der Waals surface area contributed by atoms with E-state index in [1.165, 1.54) is 12.8 Å². The van der Waals surface area contributed by atoms with Crippen LogP contribution in [0.4, 0.5) is 0 Å². The van der Waals surface area contributed by atoms with Crippen molar-refractivity contribution in [1.29, 1.82) is 0 Å². The van der Waals surface area contributed by atoms with E-state index in [1.807, 2.05) is 0 Å². The Labute approximate surface area is 187 Å². The Kier molecular flexibility index (Phi) is 8.25. The third-order valence-electron chi connectivity index (χ3n) is 4.80. The van der Waals surface area contributed by atoms with Crippen molar-refractivity contribution >= 4 is 23.4 Å². The zero-order valence-electron chi connectivity index (χ0n) is 17.5. The van der Waals surface area contributed by atoms with Crippen molar-refractivity contribution in [1.82, 2.24) is 0 Å². The van der Waals surface area contributed by atoms with E-state index in [4.69, 9.17) is 21.1 Å². The molecule has 0 bridgehead atoms. The van der Waals surface area contributed by atoms with Crippen molar-refractivity contribution < 1.29 is 19.1 Å². The minimum Gasteiger partial charge on any atom is -0.494 e. The molecule has 0 saturated heterocycles. The number of benzene rings is 3. The first-order chi connectivity index (χ1) is 15.1. The van der Waals surface area contributed by atoms with Gasteiger partial charge in [-0.1, -0.05) is 56.0 Å². The maximum absolute atomic E-state index is 12.9. The SMILES string of the molecule is CCCCCCOc1ccc(OC(=O)c2ccccc2C(=O)c2ccc(Cl)cc2)cc1. The maximum atomic E-state index is 12.9. The number of rotatable bonds is 10. The Hall–Kier alpha value is -3.11. The number of carbonyl (C=O) groups excluding carboxylic acids is 2. The fraction of sp³-hybridized carbons (Fsp3) is 0.231. The van der Waals surface area contributed by atoms with Gasteiger partial charge in [0.15, 0.2) is 5.78 Å². The van der Waals surface area contributed by atoms with E-state index in [9.17, 15) is 9.59 Å². The summed E-state index contributed by atoms with van der Waals surface area (Å²) < 4.78 is 11.2. The van der Waals surface area contributed by atoms with Crippen molar-refractivity contribution in [3.8, 4) is 11.5 Å². The molecule has 0 aromatic heterocycles. The van der Waals surface area contributed by atoms with E-state index in [-0.39, 0.29) is 16.9 Å². The van der Waals surface area contributed by atoms with Crippen LogP contribution in [-0.2, 0) is 0 Å². The molecular formula is C26H25ClO4. The first kappa shape index (κ1) is 22.6. The normalized spacial score (nSPS) is 10.5. The fourth-order valence-electron chi connectivity index (χ4n) is 3.10. The minimum absolute atomic E-state index is 0.207.